The highest BCUT2D eigenvalue weighted by atomic mass is 16.6. The molecular weight excluding hydrogens is 246 g/mol. The lowest BCUT2D eigenvalue weighted by molar-refractivity contribution is -0.384. The van der Waals surface area contributed by atoms with Gasteiger partial charge in [-0.25, -0.2) is 0 Å². The van der Waals surface area contributed by atoms with E-state index in [2.05, 4.69) is 10.4 Å². The molecule has 0 saturated carbocycles. The molecular formula is C12H11N5O2. The van der Waals surface area contributed by atoms with Crippen LogP contribution in [0.5, 0.6) is 0 Å². The Morgan fingerprint density at radius 2 is 2.32 bits per heavy atom. The molecule has 96 valence electrons. The molecule has 0 radical (unpaired) electrons. The molecule has 7 nitrogen and oxygen atoms in total. The molecule has 0 bridgehead atoms. The lowest BCUT2D eigenvalue weighted by Gasteiger charge is -2.05. The summed E-state index contributed by atoms with van der Waals surface area (Å²) in [7, 11) is 1.79. The molecule has 0 unspecified atom stereocenters. The molecule has 1 aromatic carbocycles. The van der Waals surface area contributed by atoms with E-state index in [-0.39, 0.29) is 5.69 Å². The second-order valence-electron chi connectivity index (χ2n) is 3.94. The summed E-state index contributed by atoms with van der Waals surface area (Å²) in [4.78, 5) is 10.4. The highest BCUT2D eigenvalue weighted by Gasteiger charge is 2.14. The van der Waals surface area contributed by atoms with Gasteiger partial charge in [-0.3, -0.25) is 14.8 Å². The predicted octanol–water partition coefficient (Wildman–Crippen LogP) is 1.81. The molecule has 1 heterocycles. The Hall–Kier alpha value is -2.88. The molecule has 0 aliphatic rings. The van der Waals surface area contributed by atoms with Crippen molar-refractivity contribution in [2.24, 2.45) is 7.05 Å². The van der Waals surface area contributed by atoms with Crippen molar-refractivity contribution >= 4 is 11.4 Å². The number of nitriles is 1. The zero-order chi connectivity index (χ0) is 13.8. The standard InChI is InChI=1S/C12H11N5O2/c1-16-5-4-10(15-16)8-14-11-6-9(7-13)2-3-12(11)17(18)19/h2-6,14H,8H2,1H3. The van der Waals surface area contributed by atoms with Crippen molar-refractivity contribution in [3.8, 4) is 6.07 Å². The Bertz CT molecular complexity index is 656. The van der Waals surface area contributed by atoms with Gasteiger partial charge in [0.2, 0.25) is 0 Å². The van der Waals surface area contributed by atoms with Crippen molar-refractivity contribution in [1.29, 1.82) is 5.26 Å². The Morgan fingerprint density at radius 3 is 2.89 bits per heavy atom. The minimum Gasteiger partial charge on any atom is -0.374 e. The SMILES string of the molecule is Cn1ccc(CNc2cc(C#N)ccc2[N+](=O)[O-])n1. The number of nitrogens with zero attached hydrogens (tertiary/aromatic N) is 4. The number of hydrogen-bond acceptors (Lipinski definition) is 5. The number of hydrogen-bond donors (Lipinski definition) is 1. The van der Waals surface area contributed by atoms with Crippen LogP contribution in [0.3, 0.4) is 0 Å². The first-order chi connectivity index (χ1) is 9.10. The zero-order valence-corrected chi connectivity index (χ0v) is 10.2. The summed E-state index contributed by atoms with van der Waals surface area (Å²) >= 11 is 0. The highest BCUT2D eigenvalue weighted by Crippen LogP contribution is 2.25. The first-order valence-electron chi connectivity index (χ1n) is 5.51. The van der Waals surface area contributed by atoms with Gasteiger partial charge in [0.15, 0.2) is 0 Å². The number of nitro groups is 1. The molecule has 19 heavy (non-hydrogen) atoms. The summed E-state index contributed by atoms with van der Waals surface area (Å²) in [6.45, 7) is 0.358. The van der Waals surface area contributed by atoms with Gasteiger partial charge in [0.1, 0.15) is 5.69 Å². The Kier molecular flexibility index (Phi) is 3.43. The molecule has 1 N–H and O–H groups in total. The van der Waals surface area contributed by atoms with Gasteiger partial charge in [-0.1, -0.05) is 0 Å². The molecule has 0 amide bonds. The predicted molar refractivity (Wildman–Crippen MR) is 68.3 cm³/mol. The number of nitrogens with one attached hydrogen (secondary N) is 1. The fraction of sp³-hybridized carbons (Fsp3) is 0.167. The average molecular weight is 257 g/mol. The third-order valence-electron chi connectivity index (χ3n) is 2.55. The molecule has 0 aliphatic carbocycles. The number of rotatable bonds is 4. The molecule has 7 heteroatoms. The van der Waals surface area contributed by atoms with Gasteiger partial charge < -0.3 is 5.32 Å². The molecule has 0 saturated heterocycles. The van der Waals surface area contributed by atoms with Crippen molar-refractivity contribution in [2.75, 3.05) is 5.32 Å². The molecule has 0 atom stereocenters. The van der Waals surface area contributed by atoms with Gasteiger partial charge in [-0.15, -0.1) is 0 Å². The minimum atomic E-state index is -0.484. The lowest BCUT2D eigenvalue weighted by Crippen LogP contribution is -2.04. The molecule has 2 rings (SSSR count). The van der Waals surface area contributed by atoms with E-state index < -0.39 is 4.92 Å². The third-order valence-corrected chi connectivity index (χ3v) is 2.55. The van der Waals surface area contributed by atoms with Gasteiger partial charge in [-0.05, 0) is 18.2 Å². The summed E-state index contributed by atoms with van der Waals surface area (Å²) in [6.07, 6.45) is 1.79. The maximum atomic E-state index is 10.9. The largest absolute Gasteiger partial charge is 0.374 e. The Morgan fingerprint density at radius 1 is 1.53 bits per heavy atom. The van der Waals surface area contributed by atoms with Crippen LogP contribution >= 0.6 is 0 Å². The molecule has 0 aliphatic heterocycles. The summed E-state index contributed by atoms with van der Waals surface area (Å²) in [5.74, 6) is 0. The van der Waals surface area contributed by atoms with Crippen molar-refractivity contribution in [3.63, 3.8) is 0 Å². The van der Waals surface area contributed by atoms with Crippen molar-refractivity contribution in [1.82, 2.24) is 9.78 Å². The fourth-order valence-corrected chi connectivity index (χ4v) is 1.65. The molecule has 1 aromatic heterocycles. The summed E-state index contributed by atoms with van der Waals surface area (Å²) in [5.41, 5.74) is 1.39. The maximum absolute atomic E-state index is 10.9. The number of anilines is 1. The first kappa shape index (κ1) is 12.6. The number of aryl methyl sites for hydroxylation is 1. The van der Waals surface area contributed by atoms with Crippen LogP contribution in [0.2, 0.25) is 0 Å². The number of benzene rings is 1. The van der Waals surface area contributed by atoms with Gasteiger partial charge >= 0.3 is 0 Å². The van der Waals surface area contributed by atoms with Gasteiger partial charge in [0.25, 0.3) is 5.69 Å². The lowest BCUT2D eigenvalue weighted by atomic mass is 10.2. The van der Waals surface area contributed by atoms with Crippen LogP contribution < -0.4 is 5.32 Å². The van der Waals surface area contributed by atoms with Crippen LogP contribution in [0.4, 0.5) is 11.4 Å². The van der Waals surface area contributed by atoms with Crippen molar-refractivity contribution in [2.45, 2.75) is 6.54 Å². The minimum absolute atomic E-state index is 0.0602. The first-order valence-corrected chi connectivity index (χ1v) is 5.51. The summed E-state index contributed by atoms with van der Waals surface area (Å²) < 4.78 is 1.65. The Labute approximate surface area is 109 Å². The van der Waals surface area contributed by atoms with Crippen LogP contribution in [0.25, 0.3) is 0 Å². The average Bonchev–Trinajstić information content (AvgIpc) is 2.81. The highest BCUT2D eigenvalue weighted by molar-refractivity contribution is 5.64. The monoisotopic (exact) mass is 257 g/mol. The van der Waals surface area contributed by atoms with E-state index in [4.69, 9.17) is 5.26 Å². The van der Waals surface area contributed by atoms with Crippen LogP contribution in [-0.4, -0.2) is 14.7 Å². The van der Waals surface area contributed by atoms with Crippen LogP contribution in [0.1, 0.15) is 11.3 Å². The van der Waals surface area contributed by atoms with E-state index in [0.29, 0.717) is 17.8 Å². The second kappa shape index (κ2) is 5.18. The van der Waals surface area contributed by atoms with Crippen LogP contribution in [0, 0.1) is 21.4 Å². The van der Waals surface area contributed by atoms with E-state index >= 15 is 0 Å². The van der Waals surface area contributed by atoms with E-state index in [1.807, 2.05) is 12.1 Å². The molecule has 0 fully saturated rings. The van der Waals surface area contributed by atoms with Crippen molar-refractivity contribution in [3.05, 3.63) is 51.8 Å². The van der Waals surface area contributed by atoms with Crippen LogP contribution in [-0.2, 0) is 13.6 Å². The van der Waals surface area contributed by atoms with Gasteiger partial charge in [0.05, 0.1) is 28.8 Å². The Balaban J connectivity index is 2.22. The number of aromatic nitrogens is 2. The van der Waals surface area contributed by atoms with E-state index in [1.54, 1.807) is 17.9 Å². The van der Waals surface area contributed by atoms with Crippen LogP contribution in [0.15, 0.2) is 30.5 Å². The molecule has 0 spiro atoms. The second-order valence-corrected chi connectivity index (χ2v) is 3.94. The molecule has 2 aromatic rings. The maximum Gasteiger partial charge on any atom is 0.292 e. The van der Waals surface area contributed by atoms with E-state index in [1.165, 1.54) is 18.2 Å². The summed E-state index contributed by atoms with van der Waals surface area (Å²) in [5, 5.41) is 26.8. The van der Waals surface area contributed by atoms with Crippen molar-refractivity contribution < 1.29 is 4.92 Å². The normalized spacial score (nSPS) is 9.89. The third kappa shape index (κ3) is 2.87. The zero-order valence-electron chi connectivity index (χ0n) is 10.2. The quantitative estimate of drug-likeness (QED) is 0.665. The van der Waals surface area contributed by atoms with E-state index in [0.717, 1.165) is 5.69 Å². The fourth-order valence-electron chi connectivity index (χ4n) is 1.65. The summed E-state index contributed by atoms with van der Waals surface area (Å²) in [6, 6.07) is 7.96. The topological polar surface area (TPSA) is 96.8 Å². The smallest absolute Gasteiger partial charge is 0.292 e. The number of nitro benzene ring substituents is 1. The van der Waals surface area contributed by atoms with Gasteiger partial charge in [-0.2, -0.15) is 10.4 Å². The van der Waals surface area contributed by atoms with Gasteiger partial charge in [0, 0.05) is 19.3 Å². The van der Waals surface area contributed by atoms with E-state index in [9.17, 15) is 10.1 Å².